The lowest BCUT2D eigenvalue weighted by atomic mass is 9.89. The van der Waals surface area contributed by atoms with E-state index in [1.54, 1.807) is 0 Å². The van der Waals surface area contributed by atoms with E-state index < -0.39 is 0 Å². The van der Waals surface area contributed by atoms with E-state index in [2.05, 4.69) is 241 Å². The summed E-state index contributed by atoms with van der Waals surface area (Å²) < 4.78 is 0. The predicted octanol–water partition coefficient (Wildman–Crippen LogP) is 15.8. The molecule has 1 nitrogen and oxygen atoms in total. The number of anilines is 3. The highest BCUT2D eigenvalue weighted by Crippen LogP contribution is 2.42. The molecule has 0 aliphatic rings. The molecule has 10 aromatic rings. The van der Waals surface area contributed by atoms with Crippen LogP contribution in [0.5, 0.6) is 0 Å². The Balaban J connectivity index is 1.05. The third-order valence-corrected chi connectivity index (χ3v) is 11.1. The molecule has 0 fully saturated rings. The minimum Gasteiger partial charge on any atom is -0.311 e. The molecule has 10 aromatic carbocycles. The van der Waals surface area contributed by atoms with Crippen molar-refractivity contribution in [2.45, 2.75) is 0 Å². The number of hydrogen-bond donors (Lipinski definition) is 0. The van der Waals surface area contributed by atoms with Crippen LogP contribution in [0.15, 0.2) is 237 Å². The van der Waals surface area contributed by atoms with Gasteiger partial charge in [0.05, 0.1) is 0 Å². The SMILES string of the molecule is c1ccc(-c2cccc(-c3ccc(N(c4ccc(-c5ccc6ccccc6c5)cc4)c4ccc(-c5c(-c6ccccc6)ccc6ccccc56)cc4)cc3)c2)cc1. The first kappa shape index (κ1) is 34.0. The van der Waals surface area contributed by atoms with E-state index in [4.69, 9.17) is 0 Å². The van der Waals surface area contributed by atoms with Crippen molar-refractivity contribution < 1.29 is 0 Å². The van der Waals surface area contributed by atoms with Crippen LogP contribution in [0.3, 0.4) is 0 Å². The summed E-state index contributed by atoms with van der Waals surface area (Å²) in [5, 5.41) is 4.98. The molecular formula is C56H39N. The average molecular weight is 726 g/mol. The van der Waals surface area contributed by atoms with Crippen LogP contribution in [0.25, 0.3) is 77.2 Å². The summed E-state index contributed by atoms with van der Waals surface area (Å²) in [6.07, 6.45) is 0. The second kappa shape index (κ2) is 15.0. The van der Waals surface area contributed by atoms with E-state index in [-0.39, 0.29) is 0 Å². The molecule has 0 aromatic heterocycles. The van der Waals surface area contributed by atoms with Gasteiger partial charge in [0.25, 0.3) is 0 Å². The maximum atomic E-state index is 2.36. The van der Waals surface area contributed by atoms with Gasteiger partial charge in [0.15, 0.2) is 0 Å². The van der Waals surface area contributed by atoms with E-state index in [9.17, 15) is 0 Å². The van der Waals surface area contributed by atoms with Gasteiger partial charge in [0, 0.05) is 17.1 Å². The van der Waals surface area contributed by atoms with Gasteiger partial charge in [-0.15, -0.1) is 0 Å². The van der Waals surface area contributed by atoms with Gasteiger partial charge in [0.2, 0.25) is 0 Å². The van der Waals surface area contributed by atoms with Gasteiger partial charge in [0.1, 0.15) is 0 Å². The third kappa shape index (κ3) is 6.77. The summed E-state index contributed by atoms with van der Waals surface area (Å²) in [4.78, 5) is 2.36. The van der Waals surface area contributed by atoms with Crippen LogP contribution in [0, 0.1) is 0 Å². The number of rotatable bonds is 8. The monoisotopic (exact) mass is 725 g/mol. The minimum atomic E-state index is 1.09. The van der Waals surface area contributed by atoms with Gasteiger partial charge in [-0.05, 0) is 126 Å². The molecule has 0 spiro atoms. The number of benzene rings is 10. The zero-order valence-corrected chi connectivity index (χ0v) is 31.5. The van der Waals surface area contributed by atoms with Gasteiger partial charge < -0.3 is 4.90 Å². The molecule has 0 N–H and O–H groups in total. The van der Waals surface area contributed by atoms with Crippen molar-refractivity contribution in [1.82, 2.24) is 0 Å². The van der Waals surface area contributed by atoms with Crippen LogP contribution in [0.2, 0.25) is 0 Å². The Kier molecular flexibility index (Phi) is 8.95. The highest BCUT2D eigenvalue weighted by atomic mass is 15.1. The van der Waals surface area contributed by atoms with Crippen molar-refractivity contribution in [2.75, 3.05) is 4.90 Å². The lowest BCUT2D eigenvalue weighted by Crippen LogP contribution is -2.09. The molecule has 0 unspecified atom stereocenters. The Hall–Kier alpha value is -7.48. The van der Waals surface area contributed by atoms with Crippen molar-refractivity contribution in [3.63, 3.8) is 0 Å². The number of fused-ring (bicyclic) bond motifs is 2. The summed E-state index contributed by atoms with van der Waals surface area (Å²) >= 11 is 0. The van der Waals surface area contributed by atoms with Crippen LogP contribution < -0.4 is 4.90 Å². The first-order valence-electron chi connectivity index (χ1n) is 19.6. The molecule has 10 rings (SSSR count). The zero-order valence-electron chi connectivity index (χ0n) is 31.5. The standard InChI is InChI=1S/C56H39N/c1-3-12-40(13-4-1)48-19-11-20-49(38-48)42-24-31-51(32-25-42)57(52-33-26-43(27-34-52)50-23-22-41-14-7-8-18-47(41)39-50)53-35-28-46(29-36-53)56-54-21-10-9-17-45(54)30-37-55(56)44-15-5-2-6-16-44/h1-39H. The van der Waals surface area contributed by atoms with Crippen molar-refractivity contribution in [2.24, 2.45) is 0 Å². The van der Waals surface area contributed by atoms with Crippen LogP contribution in [0.1, 0.15) is 0 Å². The summed E-state index contributed by atoms with van der Waals surface area (Å²) in [7, 11) is 0. The van der Waals surface area contributed by atoms with Gasteiger partial charge in [-0.1, -0.05) is 188 Å². The molecule has 0 aliphatic carbocycles. The van der Waals surface area contributed by atoms with E-state index in [1.165, 1.54) is 77.2 Å². The molecule has 268 valence electrons. The highest BCUT2D eigenvalue weighted by Gasteiger charge is 2.16. The van der Waals surface area contributed by atoms with Crippen LogP contribution in [0.4, 0.5) is 17.1 Å². The first-order valence-corrected chi connectivity index (χ1v) is 19.6. The Labute approximate surface area is 334 Å². The van der Waals surface area contributed by atoms with Crippen LogP contribution in [-0.2, 0) is 0 Å². The molecule has 0 bridgehead atoms. The largest absolute Gasteiger partial charge is 0.311 e. The quantitative estimate of drug-likeness (QED) is 0.151. The summed E-state index contributed by atoms with van der Waals surface area (Å²) in [6, 6.07) is 85.6. The maximum Gasteiger partial charge on any atom is 0.0462 e. The average Bonchev–Trinajstić information content (AvgIpc) is 3.30. The van der Waals surface area contributed by atoms with E-state index in [1.807, 2.05) is 0 Å². The smallest absolute Gasteiger partial charge is 0.0462 e. The fraction of sp³-hybridized carbons (Fsp3) is 0. The first-order chi connectivity index (χ1) is 28.2. The minimum absolute atomic E-state index is 1.09. The molecule has 0 aliphatic heterocycles. The van der Waals surface area contributed by atoms with Crippen molar-refractivity contribution >= 4 is 38.6 Å². The Morgan fingerprint density at radius 3 is 1.26 bits per heavy atom. The van der Waals surface area contributed by atoms with Gasteiger partial charge in [-0.2, -0.15) is 0 Å². The van der Waals surface area contributed by atoms with E-state index in [0.717, 1.165) is 17.1 Å². The van der Waals surface area contributed by atoms with Gasteiger partial charge in [-0.25, -0.2) is 0 Å². The third-order valence-electron chi connectivity index (χ3n) is 11.1. The summed E-state index contributed by atoms with van der Waals surface area (Å²) in [5.41, 5.74) is 15.4. The van der Waals surface area contributed by atoms with Crippen molar-refractivity contribution in [1.29, 1.82) is 0 Å². The van der Waals surface area contributed by atoms with Crippen molar-refractivity contribution in [3.05, 3.63) is 237 Å². The van der Waals surface area contributed by atoms with E-state index >= 15 is 0 Å². The van der Waals surface area contributed by atoms with Crippen LogP contribution >= 0.6 is 0 Å². The Morgan fingerprint density at radius 2 is 0.649 bits per heavy atom. The molecular weight excluding hydrogens is 687 g/mol. The normalized spacial score (nSPS) is 11.2. The molecule has 0 saturated heterocycles. The Bertz CT molecular complexity index is 2970. The molecule has 0 radical (unpaired) electrons. The molecule has 1 heteroatoms. The lowest BCUT2D eigenvalue weighted by molar-refractivity contribution is 1.28. The predicted molar refractivity (Wildman–Crippen MR) is 243 cm³/mol. The maximum absolute atomic E-state index is 2.36. The van der Waals surface area contributed by atoms with Crippen molar-refractivity contribution in [3.8, 4) is 55.6 Å². The van der Waals surface area contributed by atoms with E-state index in [0.29, 0.717) is 0 Å². The Morgan fingerprint density at radius 1 is 0.228 bits per heavy atom. The topological polar surface area (TPSA) is 3.24 Å². The zero-order chi connectivity index (χ0) is 38.0. The summed E-state index contributed by atoms with van der Waals surface area (Å²) in [5.74, 6) is 0. The molecule has 57 heavy (non-hydrogen) atoms. The van der Waals surface area contributed by atoms with Gasteiger partial charge in [-0.3, -0.25) is 0 Å². The fourth-order valence-corrected chi connectivity index (χ4v) is 8.15. The summed E-state index contributed by atoms with van der Waals surface area (Å²) in [6.45, 7) is 0. The highest BCUT2D eigenvalue weighted by molar-refractivity contribution is 6.04. The number of nitrogens with zero attached hydrogens (tertiary/aromatic N) is 1. The fourth-order valence-electron chi connectivity index (χ4n) is 8.15. The molecule has 0 amide bonds. The second-order valence-electron chi connectivity index (χ2n) is 14.6. The lowest BCUT2D eigenvalue weighted by Gasteiger charge is -2.26. The van der Waals surface area contributed by atoms with Crippen LogP contribution in [-0.4, -0.2) is 0 Å². The second-order valence-corrected chi connectivity index (χ2v) is 14.6. The molecule has 0 atom stereocenters. The van der Waals surface area contributed by atoms with Gasteiger partial charge >= 0.3 is 0 Å². The molecule has 0 heterocycles. The number of hydrogen-bond acceptors (Lipinski definition) is 1. The molecule has 0 saturated carbocycles.